The zero-order chi connectivity index (χ0) is 13.1. The van der Waals surface area contributed by atoms with Crippen LogP contribution in [0, 0.1) is 5.92 Å². The molecule has 0 aliphatic carbocycles. The molecule has 3 N–H and O–H groups in total. The Morgan fingerprint density at radius 3 is 2.67 bits per heavy atom. The molecule has 1 aromatic carbocycles. The smallest absolute Gasteiger partial charge is 0.253 e. The van der Waals surface area contributed by atoms with E-state index in [0.717, 1.165) is 17.3 Å². The fourth-order valence-corrected chi connectivity index (χ4v) is 2.54. The molecule has 1 aliphatic heterocycles. The first-order chi connectivity index (χ1) is 8.61. The van der Waals surface area contributed by atoms with Crippen molar-refractivity contribution in [1.82, 2.24) is 4.90 Å². The van der Waals surface area contributed by atoms with Crippen molar-refractivity contribution in [2.45, 2.75) is 12.8 Å². The minimum absolute atomic E-state index is 0.0343. The Kier molecular flexibility index (Phi) is 4.24. The largest absolute Gasteiger partial charge is 0.398 e. The van der Waals surface area contributed by atoms with Crippen molar-refractivity contribution in [2.75, 3.05) is 25.4 Å². The summed E-state index contributed by atoms with van der Waals surface area (Å²) in [6.07, 6.45) is 1.75. The zero-order valence-corrected chi connectivity index (χ0v) is 11.7. The van der Waals surface area contributed by atoms with Crippen molar-refractivity contribution in [3.63, 3.8) is 0 Å². The second-order valence-corrected chi connectivity index (χ2v) is 5.51. The molecule has 0 bridgehead atoms. The Bertz CT molecular complexity index is 443. The number of likely N-dealkylation sites (tertiary alicyclic amines) is 1. The van der Waals surface area contributed by atoms with Gasteiger partial charge in [0.2, 0.25) is 0 Å². The molecule has 0 aromatic heterocycles. The number of nitrogen functional groups attached to an aromatic ring is 1. The Hall–Kier alpha value is -1.07. The number of carbonyl (C=O) groups excluding carboxylic acids is 1. The molecule has 5 heteroatoms. The Labute approximate surface area is 115 Å². The summed E-state index contributed by atoms with van der Waals surface area (Å²) in [6.45, 7) is 1.65. The van der Waals surface area contributed by atoms with E-state index in [1.54, 1.807) is 18.2 Å². The first-order valence-electron chi connectivity index (χ1n) is 6.07. The van der Waals surface area contributed by atoms with Crippen molar-refractivity contribution in [3.8, 4) is 0 Å². The van der Waals surface area contributed by atoms with E-state index in [2.05, 4.69) is 15.9 Å². The molecule has 1 fully saturated rings. The summed E-state index contributed by atoms with van der Waals surface area (Å²) >= 11 is 3.33. The van der Waals surface area contributed by atoms with Crippen molar-refractivity contribution in [2.24, 2.45) is 5.92 Å². The molecule has 1 aliphatic rings. The highest BCUT2D eigenvalue weighted by Crippen LogP contribution is 2.23. The average molecular weight is 313 g/mol. The summed E-state index contributed by atoms with van der Waals surface area (Å²) in [4.78, 5) is 14.1. The first kappa shape index (κ1) is 13.4. The number of hydrogen-bond donors (Lipinski definition) is 2. The number of carbonyl (C=O) groups is 1. The van der Waals surface area contributed by atoms with E-state index >= 15 is 0 Å². The highest BCUT2D eigenvalue weighted by atomic mass is 79.9. The van der Waals surface area contributed by atoms with Crippen LogP contribution < -0.4 is 5.73 Å². The molecule has 2 rings (SSSR count). The van der Waals surface area contributed by atoms with Crippen LogP contribution in [0.4, 0.5) is 5.69 Å². The predicted molar refractivity (Wildman–Crippen MR) is 74.3 cm³/mol. The monoisotopic (exact) mass is 312 g/mol. The summed E-state index contributed by atoms with van der Waals surface area (Å²) < 4.78 is 0.749. The number of halogens is 1. The average Bonchev–Trinajstić information content (AvgIpc) is 2.41. The number of amides is 1. The van der Waals surface area contributed by atoms with Crippen LogP contribution in [-0.4, -0.2) is 35.6 Å². The summed E-state index contributed by atoms with van der Waals surface area (Å²) in [7, 11) is 0. The number of hydrogen-bond acceptors (Lipinski definition) is 3. The maximum atomic E-state index is 12.3. The molecular formula is C13H17BrN2O2. The maximum absolute atomic E-state index is 12.3. The van der Waals surface area contributed by atoms with E-state index in [4.69, 9.17) is 10.8 Å². The van der Waals surface area contributed by atoms with E-state index in [1.165, 1.54) is 0 Å². The van der Waals surface area contributed by atoms with Gasteiger partial charge in [0.25, 0.3) is 5.91 Å². The van der Waals surface area contributed by atoms with Crippen LogP contribution in [0.3, 0.4) is 0 Å². The number of anilines is 1. The molecule has 98 valence electrons. The molecule has 18 heavy (non-hydrogen) atoms. The number of aliphatic hydroxyl groups excluding tert-OH is 1. The molecule has 1 heterocycles. The van der Waals surface area contributed by atoms with Crippen LogP contribution >= 0.6 is 15.9 Å². The van der Waals surface area contributed by atoms with Gasteiger partial charge in [0.1, 0.15) is 0 Å². The van der Waals surface area contributed by atoms with Crippen LogP contribution in [0.5, 0.6) is 0 Å². The van der Waals surface area contributed by atoms with E-state index in [9.17, 15) is 4.79 Å². The van der Waals surface area contributed by atoms with Gasteiger partial charge in [0, 0.05) is 35.4 Å². The molecule has 0 saturated carbocycles. The third kappa shape index (κ3) is 2.84. The molecule has 1 amide bonds. The predicted octanol–water partition coefficient (Wildman–Crippen LogP) is 1.88. The van der Waals surface area contributed by atoms with Gasteiger partial charge in [-0.25, -0.2) is 0 Å². The number of benzene rings is 1. The first-order valence-corrected chi connectivity index (χ1v) is 6.86. The number of nitrogens with two attached hydrogens (primary N) is 1. The minimum Gasteiger partial charge on any atom is -0.398 e. The lowest BCUT2D eigenvalue weighted by atomic mass is 9.97. The van der Waals surface area contributed by atoms with E-state index in [1.807, 2.05) is 4.90 Å². The SMILES string of the molecule is Nc1ccc(C(=O)N2CCC(CO)CC2)cc1Br. The van der Waals surface area contributed by atoms with Crippen LogP contribution in [0.2, 0.25) is 0 Å². The van der Waals surface area contributed by atoms with Gasteiger partial charge in [-0.2, -0.15) is 0 Å². The van der Waals surface area contributed by atoms with Crippen LogP contribution in [-0.2, 0) is 0 Å². The fraction of sp³-hybridized carbons (Fsp3) is 0.462. The van der Waals surface area contributed by atoms with Gasteiger partial charge in [-0.15, -0.1) is 0 Å². The van der Waals surface area contributed by atoms with E-state index < -0.39 is 0 Å². The summed E-state index contributed by atoms with van der Waals surface area (Å²) in [5.74, 6) is 0.374. The molecular weight excluding hydrogens is 296 g/mol. The third-order valence-electron chi connectivity index (χ3n) is 3.41. The van der Waals surface area contributed by atoms with Gasteiger partial charge in [-0.1, -0.05) is 0 Å². The van der Waals surface area contributed by atoms with Gasteiger partial charge >= 0.3 is 0 Å². The quantitative estimate of drug-likeness (QED) is 0.819. The lowest BCUT2D eigenvalue weighted by molar-refractivity contribution is 0.0651. The number of aliphatic hydroxyl groups is 1. The summed E-state index contributed by atoms with van der Waals surface area (Å²) in [5, 5.41) is 9.08. The zero-order valence-electron chi connectivity index (χ0n) is 10.1. The lowest BCUT2D eigenvalue weighted by Gasteiger charge is -2.31. The summed E-state index contributed by atoms with van der Waals surface area (Å²) in [5.41, 5.74) is 6.99. The molecule has 0 radical (unpaired) electrons. The second-order valence-electron chi connectivity index (χ2n) is 4.65. The van der Waals surface area contributed by atoms with Crippen molar-refractivity contribution in [3.05, 3.63) is 28.2 Å². The van der Waals surface area contributed by atoms with Crippen molar-refractivity contribution >= 4 is 27.5 Å². The standard InChI is InChI=1S/C13H17BrN2O2/c14-11-7-10(1-2-12(11)15)13(18)16-5-3-9(8-17)4-6-16/h1-2,7,9,17H,3-6,8,15H2. The van der Waals surface area contributed by atoms with Crippen LogP contribution in [0.15, 0.2) is 22.7 Å². The lowest BCUT2D eigenvalue weighted by Crippen LogP contribution is -2.39. The second kappa shape index (κ2) is 5.71. The normalized spacial score (nSPS) is 16.9. The van der Waals surface area contributed by atoms with Gasteiger partial charge in [-0.3, -0.25) is 4.79 Å². The van der Waals surface area contributed by atoms with Gasteiger partial charge in [0.15, 0.2) is 0 Å². The van der Waals surface area contributed by atoms with E-state index in [-0.39, 0.29) is 12.5 Å². The Balaban J connectivity index is 2.05. The van der Waals surface area contributed by atoms with Crippen molar-refractivity contribution in [1.29, 1.82) is 0 Å². The number of piperidine rings is 1. The molecule has 1 saturated heterocycles. The topological polar surface area (TPSA) is 66.6 Å². The number of rotatable bonds is 2. The van der Waals surface area contributed by atoms with Crippen LogP contribution in [0.1, 0.15) is 23.2 Å². The highest BCUT2D eigenvalue weighted by molar-refractivity contribution is 9.10. The van der Waals surface area contributed by atoms with Gasteiger partial charge in [0.05, 0.1) is 0 Å². The molecule has 4 nitrogen and oxygen atoms in total. The highest BCUT2D eigenvalue weighted by Gasteiger charge is 2.23. The molecule has 0 unspecified atom stereocenters. The fourth-order valence-electron chi connectivity index (χ4n) is 2.16. The van der Waals surface area contributed by atoms with Crippen LogP contribution in [0.25, 0.3) is 0 Å². The maximum Gasteiger partial charge on any atom is 0.253 e. The number of nitrogens with zero attached hydrogens (tertiary/aromatic N) is 1. The summed E-state index contributed by atoms with van der Waals surface area (Å²) in [6, 6.07) is 5.24. The van der Waals surface area contributed by atoms with E-state index in [0.29, 0.717) is 30.3 Å². The Morgan fingerprint density at radius 1 is 1.44 bits per heavy atom. The molecule has 1 aromatic rings. The Morgan fingerprint density at radius 2 is 2.11 bits per heavy atom. The van der Waals surface area contributed by atoms with Crippen molar-refractivity contribution < 1.29 is 9.90 Å². The van der Waals surface area contributed by atoms with Gasteiger partial charge < -0.3 is 15.7 Å². The third-order valence-corrected chi connectivity index (χ3v) is 4.09. The molecule has 0 atom stereocenters. The minimum atomic E-state index is 0.0343. The molecule has 0 spiro atoms. The van der Waals surface area contributed by atoms with Gasteiger partial charge in [-0.05, 0) is 52.9 Å².